The fraction of sp³-hybridized carbons (Fsp3) is 0.867. The lowest BCUT2D eigenvalue weighted by molar-refractivity contribution is 0.229. The molecule has 0 heterocycles. The summed E-state index contributed by atoms with van der Waals surface area (Å²) in [5.74, 6) is 1.46. The van der Waals surface area contributed by atoms with Crippen LogP contribution in [0.25, 0.3) is 0 Å². The lowest BCUT2D eigenvalue weighted by Gasteiger charge is -2.26. The summed E-state index contributed by atoms with van der Waals surface area (Å²) in [6.07, 6.45) is 7.18. The number of rotatable bonds is 8. The van der Waals surface area contributed by atoms with Crippen LogP contribution in [0.1, 0.15) is 59.3 Å². The number of allylic oxidation sites excluding steroid dienone is 1. The van der Waals surface area contributed by atoms with Crippen molar-refractivity contribution in [2.24, 2.45) is 5.92 Å². The molecule has 100 valence electrons. The summed E-state index contributed by atoms with van der Waals surface area (Å²) in [7, 11) is 0. The highest BCUT2D eigenvalue weighted by Crippen LogP contribution is 2.28. The van der Waals surface area contributed by atoms with Gasteiger partial charge in [0, 0.05) is 0 Å². The van der Waals surface area contributed by atoms with Crippen molar-refractivity contribution in [3.05, 3.63) is 11.3 Å². The van der Waals surface area contributed by atoms with E-state index >= 15 is 0 Å². The minimum absolute atomic E-state index is 0.661. The maximum Gasteiger partial charge on any atom is 0.105 e. The molecule has 0 radical (unpaired) electrons. The first-order chi connectivity index (χ1) is 8.17. The van der Waals surface area contributed by atoms with E-state index in [0.29, 0.717) is 5.76 Å². The highest BCUT2D eigenvalue weighted by molar-refractivity contribution is 5.15. The molecular formula is C15H29NO. The minimum Gasteiger partial charge on any atom is -0.511 e. The third-order valence-corrected chi connectivity index (χ3v) is 3.91. The summed E-state index contributed by atoms with van der Waals surface area (Å²) in [5, 5.41) is 10.0. The number of aliphatic hydroxyl groups is 1. The van der Waals surface area contributed by atoms with Crippen molar-refractivity contribution in [2.45, 2.75) is 59.3 Å². The van der Waals surface area contributed by atoms with Gasteiger partial charge >= 0.3 is 0 Å². The first kappa shape index (κ1) is 14.6. The van der Waals surface area contributed by atoms with Gasteiger partial charge in [-0.1, -0.05) is 27.2 Å². The Labute approximate surface area is 107 Å². The van der Waals surface area contributed by atoms with Crippen molar-refractivity contribution in [1.82, 2.24) is 4.90 Å². The van der Waals surface area contributed by atoms with Crippen molar-refractivity contribution in [3.63, 3.8) is 0 Å². The molecule has 1 saturated carbocycles. The maximum atomic E-state index is 10.0. The fourth-order valence-electron chi connectivity index (χ4n) is 2.16. The van der Waals surface area contributed by atoms with E-state index in [2.05, 4.69) is 25.7 Å². The Morgan fingerprint density at radius 2 is 2.00 bits per heavy atom. The lowest BCUT2D eigenvalue weighted by Crippen LogP contribution is -2.30. The second-order valence-electron chi connectivity index (χ2n) is 5.48. The van der Waals surface area contributed by atoms with Gasteiger partial charge in [-0.2, -0.15) is 0 Å². The van der Waals surface area contributed by atoms with E-state index in [1.807, 2.05) is 0 Å². The molecule has 1 unspecified atom stereocenters. The van der Waals surface area contributed by atoms with Crippen LogP contribution in [0.3, 0.4) is 0 Å². The first-order valence-electron chi connectivity index (χ1n) is 7.29. The fourth-order valence-corrected chi connectivity index (χ4v) is 2.16. The average Bonchev–Trinajstić information content (AvgIpc) is 2.23. The van der Waals surface area contributed by atoms with Crippen LogP contribution in [-0.2, 0) is 0 Å². The van der Waals surface area contributed by atoms with Gasteiger partial charge in [0.1, 0.15) is 5.76 Å². The van der Waals surface area contributed by atoms with Crippen LogP contribution in [0.15, 0.2) is 11.3 Å². The summed E-state index contributed by atoms with van der Waals surface area (Å²) < 4.78 is 0. The highest BCUT2D eigenvalue weighted by atomic mass is 16.3. The summed E-state index contributed by atoms with van der Waals surface area (Å²) >= 11 is 0. The van der Waals surface area contributed by atoms with Crippen LogP contribution in [0, 0.1) is 5.92 Å². The molecule has 0 aromatic rings. The Kier molecular flexibility index (Phi) is 6.64. The standard InChI is InChI=1S/C15H29NO/c1-4-10-16(11-9-13(3)5-2)12-15(17)14-7-6-8-14/h13,17H,4-12H2,1-3H3. The van der Waals surface area contributed by atoms with Gasteiger partial charge in [-0.25, -0.2) is 0 Å². The van der Waals surface area contributed by atoms with Crippen LogP contribution in [0.2, 0.25) is 0 Å². The van der Waals surface area contributed by atoms with Gasteiger partial charge in [0.05, 0.1) is 6.54 Å². The maximum absolute atomic E-state index is 10.0. The molecular weight excluding hydrogens is 210 g/mol. The van der Waals surface area contributed by atoms with Crippen molar-refractivity contribution in [1.29, 1.82) is 0 Å². The molecule has 17 heavy (non-hydrogen) atoms. The molecule has 0 spiro atoms. The molecule has 2 nitrogen and oxygen atoms in total. The van der Waals surface area contributed by atoms with E-state index in [1.165, 1.54) is 31.3 Å². The highest BCUT2D eigenvalue weighted by Gasteiger charge is 2.16. The normalized spacial score (nSPS) is 17.1. The van der Waals surface area contributed by atoms with Gasteiger partial charge in [0.15, 0.2) is 0 Å². The van der Waals surface area contributed by atoms with Gasteiger partial charge < -0.3 is 5.11 Å². The number of hydrogen-bond donors (Lipinski definition) is 1. The average molecular weight is 239 g/mol. The summed E-state index contributed by atoms with van der Waals surface area (Å²) in [4.78, 5) is 2.41. The zero-order chi connectivity index (χ0) is 12.7. The second kappa shape index (κ2) is 7.75. The van der Waals surface area contributed by atoms with Crippen LogP contribution >= 0.6 is 0 Å². The van der Waals surface area contributed by atoms with E-state index in [0.717, 1.165) is 38.4 Å². The predicted molar refractivity (Wildman–Crippen MR) is 74.3 cm³/mol. The van der Waals surface area contributed by atoms with Gasteiger partial charge in [0.25, 0.3) is 0 Å². The van der Waals surface area contributed by atoms with Gasteiger partial charge in [-0.15, -0.1) is 0 Å². The Hall–Kier alpha value is -0.500. The minimum atomic E-state index is 0.661. The monoisotopic (exact) mass is 239 g/mol. The van der Waals surface area contributed by atoms with Crippen molar-refractivity contribution in [2.75, 3.05) is 19.6 Å². The van der Waals surface area contributed by atoms with E-state index in [4.69, 9.17) is 0 Å². The topological polar surface area (TPSA) is 23.5 Å². The molecule has 1 fully saturated rings. The third-order valence-electron chi connectivity index (χ3n) is 3.91. The quantitative estimate of drug-likeness (QED) is 0.644. The van der Waals surface area contributed by atoms with Crippen LogP contribution in [0.5, 0.6) is 0 Å². The van der Waals surface area contributed by atoms with Crippen LogP contribution < -0.4 is 0 Å². The number of nitrogens with zero attached hydrogens (tertiary/aromatic N) is 1. The van der Waals surface area contributed by atoms with Gasteiger partial charge in [-0.3, -0.25) is 4.90 Å². The van der Waals surface area contributed by atoms with Crippen LogP contribution in [-0.4, -0.2) is 29.6 Å². The lowest BCUT2D eigenvalue weighted by atomic mass is 9.91. The van der Waals surface area contributed by atoms with Gasteiger partial charge in [-0.05, 0) is 56.7 Å². The molecule has 2 heteroatoms. The van der Waals surface area contributed by atoms with Crippen molar-refractivity contribution >= 4 is 0 Å². The zero-order valence-electron chi connectivity index (χ0n) is 11.8. The molecule has 0 bridgehead atoms. The van der Waals surface area contributed by atoms with E-state index in [-0.39, 0.29) is 0 Å². The van der Waals surface area contributed by atoms with Gasteiger partial charge in [0.2, 0.25) is 0 Å². The van der Waals surface area contributed by atoms with Crippen molar-refractivity contribution in [3.8, 4) is 0 Å². The molecule has 0 aliphatic heterocycles. The number of aliphatic hydroxyl groups excluding tert-OH is 1. The SMILES string of the molecule is CCCN(CCC(C)CC)CC(O)=C1CCC1. The summed E-state index contributed by atoms with van der Waals surface area (Å²) in [5.41, 5.74) is 1.30. The molecule has 0 aromatic carbocycles. The van der Waals surface area contributed by atoms with E-state index in [9.17, 15) is 5.11 Å². The molecule has 1 rings (SSSR count). The van der Waals surface area contributed by atoms with Crippen molar-refractivity contribution < 1.29 is 5.11 Å². The first-order valence-corrected chi connectivity index (χ1v) is 7.29. The Morgan fingerprint density at radius 1 is 1.29 bits per heavy atom. The van der Waals surface area contributed by atoms with E-state index < -0.39 is 0 Å². The zero-order valence-corrected chi connectivity index (χ0v) is 11.8. The third kappa shape index (κ3) is 5.12. The molecule has 1 N–H and O–H groups in total. The smallest absolute Gasteiger partial charge is 0.105 e. The predicted octanol–water partition coefficient (Wildman–Crippen LogP) is 4.13. The Balaban J connectivity index is 2.36. The molecule has 0 saturated heterocycles. The van der Waals surface area contributed by atoms with E-state index in [1.54, 1.807) is 0 Å². The molecule has 1 aliphatic carbocycles. The molecule has 0 amide bonds. The molecule has 1 aliphatic rings. The summed E-state index contributed by atoms with van der Waals surface area (Å²) in [6.45, 7) is 9.79. The second-order valence-corrected chi connectivity index (χ2v) is 5.48. The Bertz CT molecular complexity index is 241. The summed E-state index contributed by atoms with van der Waals surface area (Å²) in [6, 6.07) is 0. The largest absolute Gasteiger partial charge is 0.511 e. The number of hydrogen-bond acceptors (Lipinski definition) is 2. The van der Waals surface area contributed by atoms with Crippen LogP contribution in [0.4, 0.5) is 0 Å². The molecule has 0 aromatic heterocycles. The molecule has 1 atom stereocenters. The Morgan fingerprint density at radius 3 is 2.47 bits per heavy atom.